The lowest BCUT2D eigenvalue weighted by molar-refractivity contribution is -0.137. The van der Waals surface area contributed by atoms with Crippen LogP contribution < -0.4 is 5.32 Å². The van der Waals surface area contributed by atoms with Gasteiger partial charge in [0.1, 0.15) is 0 Å². The fourth-order valence-corrected chi connectivity index (χ4v) is 1.78. The molecule has 0 radical (unpaired) electrons. The average molecular weight is 258 g/mol. The first-order valence-corrected chi connectivity index (χ1v) is 6.64. The van der Waals surface area contributed by atoms with Gasteiger partial charge in [0.15, 0.2) is 0 Å². The average Bonchev–Trinajstić information content (AvgIpc) is 2.26. The molecule has 0 saturated heterocycles. The Hall–Kier alpha value is -1.26. The lowest BCUT2D eigenvalue weighted by Gasteiger charge is -2.25. The zero-order valence-electron chi connectivity index (χ0n) is 11.9. The molecule has 0 aromatic carbocycles. The summed E-state index contributed by atoms with van der Waals surface area (Å²) in [6.45, 7) is 9.22. The smallest absolute Gasteiger partial charge is 0.317 e. The number of carbonyl (C=O) groups is 2. The van der Waals surface area contributed by atoms with Gasteiger partial charge in [-0.05, 0) is 39.5 Å². The molecule has 0 aliphatic carbocycles. The van der Waals surface area contributed by atoms with Gasteiger partial charge in [-0.3, -0.25) is 4.79 Å². The first kappa shape index (κ1) is 16.7. The van der Waals surface area contributed by atoms with Crippen molar-refractivity contribution in [2.45, 2.75) is 53.0 Å². The quantitative estimate of drug-likeness (QED) is 0.702. The Morgan fingerprint density at radius 2 is 1.83 bits per heavy atom. The number of carbonyl (C=O) groups excluding carboxylic acids is 1. The van der Waals surface area contributed by atoms with Crippen LogP contribution in [-0.2, 0) is 4.79 Å². The minimum atomic E-state index is -0.761. The number of aliphatic carboxylic acids is 1. The number of hydrogen-bond donors (Lipinski definition) is 2. The van der Waals surface area contributed by atoms with E-state index in [0.717, 1.165) is 6.42 Å². The van der Waals surface area contributed by atoms with Crippen LogP contribution in [0.4, 0.5) is 4.79 Å². The van der Waals surface area contributed by atoms with Gasteiger partial charge in [-0.2, -0.15) is 0 Å². The molecule has 0 aliphatic rings. The van der Waals surface area contributed by atoms with Crippen molar-refractivity contribution in [3.05, 3.63) is 0 Å². The third kappa shape index (κ3) is 7.14. The Morgan fingerprint density at radius 1 is 1.22 bits per heavy atom. The monoisotopic (exact) mass is 258 g/mol. The highest BCUT2D eigenvalue weighted by Crippen LogP contribution is 2.09. The Balaban J connectivity index is 3.82. The molecule has 0 aromatic rings. The van der Waals surface area contributed by atoms with Crippen molar-refractivity contribution in [3.63, 3.8) is 0 Å². The van der Waals surface area contributed by atoms with E-state index in [2.05, 4.69) is 5.32 Å². The highest BCUT2D eigenvalue weighted by Gasteiger charge is 2.14. The second-order valence-corrected chi connectivity index (χ2v) is 4.94. The normalized spacial score (nSPS) is 12.3. The SMILES string of the molecule is CCN(C(=O)NCCC(C)CCC(=O)O)C(C)C. The molecular formula is C13H26N2O3. The highest BCUT2D eigenvalue weighted by molar-refractivity contribution is 5.74. The van der Waals surface area contributed by atoms with E-state index in [-0.39, 0.29) is 18.5 Å². The zero-order valence-corrected chi connectivity index (χ0v) is 11.9. The molecule has 1 atom stereocenters. The number of nitrogens with zero attached hydrogens (tertiary/aromatic N) is 1. The summed E-state index contributed by atoms with van der Waals surface area (Å²) in [6.07, 6.45) is 1.67. The number of carboxylic acid groups (broad SMARTS) is 1. The molecule has 0 aromatic heterocycles. The highest BCUT2D eigenvalue weighted by atomic mass is 16.4. The van der Waals surface area contributed by atoms with Crippen molar-refractivity contribution < 1.29 is 14.7 Å². The zero-order chi connectivity index (χ0) is 14.1. The van der Waals surface area contributed by atoms with Crippen molar-refractivity contribution in [1.82, 2.24) is 10.2 Å². The van der Waals surface area contributed by atoms with Crippen molar-refractivity contribution in [2.24, 2.45) is 5.92 Å². The van der Waals surface area contributed by atoms with Crippen molar-refractivity contribution in [1.29, 1.82) is 0 Å². The summed E-state index contributed by atoms with van der Waals surface area (Å²) in [5.74, 6) is -0.446. The Bertz CT molecular complexity index is 267. The maximum Gasteiger partial charge on any atom is 0.317 e. The maximum atomic E-state index is 11.8. The summed E-state index contributed by atoms with van der Waals surface area (Å²) in [6, 6.07) is 0.150. The number of urea groups is 1. The van der Waals surface area contributed by atoms with Crippen LogP contribution in [0, 0.1) is 5.92 Å². The van der Waals surface area contributed by atoms with Crippen molar-refractivity contribution >= 4 is 12.0 Å². The molecule has 2 N–H and O–H groups in total. The first-order valence-electron chi connectivity index (χ1n) is 6.64. The van der Waals surface area contributed by atoms with E-state index in [1.54, 1.807) is 4.90 Å². The van der Waals surface area contributed by atoms with Crippen LogP contribution in [0.1, 0.15) is 47.0 Å². The van der Waals surface area contributed by atoms with Gasteiger partial charge >= 0.3 is 12.0 Å². The summed E-state index contributed by atoms with van der Waals surface area (Å²) in [5, 5.41) is 11.4. The fourth-order valence-electron chi connectivity index (χ4n) is 1.78. The van der Waals surface area contributed by atoms with Crippen LogP contribution in [0.25, 0.3) is 0 Å². The topological polar surface area (TPSA) is 69.6 Å². The van der Waals surface area contributed by atoms with Crippen LogP contribution in [0.15, 0.2) is 0 Å². The third-order valence-corrected chi connectivity index (χ3v) is 2.99. The summed E-state index contributed by atoms with van der Waals surface area (Å²) in [7, 11) is 0. The van der Waals surface area contributed by atoms with Crippen LogP contribution in [-0.4, -0.2) is 41.1 Å². The van der Waals surface area contributed by atoms with Gasteiger partial charge in [0, 0.05) is 25.6 Å². The van der Waals surface area contributed by atoms with Crippen LogP contribution in [0.2, 0.25) is 0 Å². The van der Waals surface area contributed by atoms with E-state index < -0.39 is 5.97 Å². The van der Waals surface area contributed by atoms with Gasteiger partial charge in [-0.1, -0.05) is 6.92 Å². The first-order chi connectivity index (χ1) is 8.38. The van der Waals surface area contributed by atoms with Gasteiger partial charge < -0.3 is 15.3 Å². The predicted molar refractivity (Wildman–Crippen MR) is 71.6 cm³/mol. The van der Waals surface area contributed by atoms with E-state index in [9.17, 15) is 9.59 Å². The predicted octanol–water partition coefficient (Wildman–Crippen LogP) is 2.32. The standard InChI is InChI=1S/C13H26N2O3/c1-5-15(10(2)3)13(18)14-9-8-11(4)6-7-12(16)17/h10-11H,5-9H2,1-4H3,(H,14,18)(H,16,17). The maximum absolute atomic E-state index is 11.8. The summed E-state index contributed by atoms with van der Waals surface area (Å²) >= 11 is 0. The van der Waals surface area contributed by atoms with E-state index in [4.69, 9.17) is 5.11 Å². The Morgan fingerprint density at radius 3 is 2.28 bits per heavy atom. The van der Waals surface area contributed by atoms with Crippen LogP contribution >= 0.6 is 0 Å². The van der Waals surface area contributed by atoms with Crippen molar-refractivity contribution in [2.75, 3.05) is 13.1 Å². The van der Waals surface area contributed by atoms with Gasteiger partial charge in [0.05, 0.1) is 0 Å². The number of amides is 2. The molecule has 0 rings (SSSR count). The minimum Gasteiger partial charge on any atom is -0.481 e. The van der Waals surface area contributed by atoms with Crippen LogP contribution in [0.5, 0.6) is 0 Å². The molecule has 18 heavy (non-hydrogen) atoms. The number of carboxylic acids is 1. The minimum absolute atomic E-state index is 0.0436. The molecule has 106 valence electrons. The third-order valence-electron chi connectivity index (χ3n) is 2.99. The second-order valence-electron chi connectivity index (χ2n) is 4.94. The van der Waals surface area contributed by atoms with Gasteiger partial charge in [-0.25, -0.2) is 4.79 Å². The fraction of sp³-hybridized carbons (Fsp3) is 0.846. The number of nitrogens with one attached hydrogen (secondary N) is 1. The molecule has 0 heterocycles. The molecule has 0 aliphatic heterocycles. The Labute approximate surface area is 110 Å². The van der Waals surface area contributed by atoms with E-state index >= 15 is 0 Å². The van der Waals surface area contributed by atoms with Crippen molar-refractivity contribution in [3.8, 4) is 0 Å². The Kier molecular flexibility index (Phi) is 8.16. The van der Waals surface area contributed by atoms with Gasteiger partial charge in [-0.15, -0.1) is 0 Å². The lowest BCUT2D eigenvalue weighted by Crippen LogP contribution is -2.44. The second kappa shape index (κ2) is 8.78. The lowest BCUT2D eigenvalue weighted by atomic mass is 10.0. The van der Waals surface area contributed by atoms with Gasteiger partial charge in [0.2, 0.25) is 0 Å². The molecule has 1 unspecified atom stereocenters. The largest absolute Gasteiger partial charge is 0.481 e. The number of rotatable bonds is 8. The molecule has 0 spiro atoms. The summed E-state index contributed by atoms with van der Waals surface area (Å²) < 4.78 is 0. The molecule has 0 saturated carbocycles. The van der Waals surface area contributed by atoms with Crippen LogP contribution in [0.3, 0.4) is 0 Å². The molecular weight excluding hydrogens is 232 g/mol. The molecule has 0 bridgehead atoms. The molecule has 5 nitrogen and oxygen atoms in total. The summed E-state index contributed by atoms with van der Waals surface area (Å²) in [4.78, 5) is 24.0. The molecule has 5 heteroatoms. The van der Waals surface area contributed by atoms with E-state index in [0.29, 0.717) is 25.4 Å². The molecule has 0 fully saturated rings. The molecule has 2 amide bonds. The summed E-state index contributed by atoms with van der Waals surface area (Å²) in [5.41, 5.74) is 0. The van der Waals surface area contributed by atoms with E-state index in [1.807, 2.05) is 27.7 Å². The number of hydrogen-bond acceptors (Lipinski definition) is 2. The van der Waals surface area contributed by atoms with E-state index in [1.165, 1.54) is 0 Å². The van der Waals surface area contributed by atoms with Gasteiger partial charge in [0.25, 0.3) is 0 Å².